The maximum atomic E-state index is 15.2. The van der Waals surface area contributed by atoms with Crippen LogP contribution in [-0.2, 0) is 24.6 Å². The highest BCUT2D eigenvalue weighted by Crippen LogP contribution is 2.65. The monoisotopic (exact) mass is 702 g/mol. The molecule has 1 saturated carbocycles. The molecule has 8 nitrogen and oxygen atoms in total. The van der Waals surface area contributed by atoms with Crippen LogP contribution in [0.4, 0.5) is 5.69 Å². The Morgan fingerprint density at radius 1 is 0.978 bits per heavy atom. The van der Waals surface area contributed by atoms with E-state index in [1.165, 1.54) is 16.9 Å². The van der Waals surface area contributed by atoms with Gasteiger partial charge in [0.05, 0.1) is 40.4 Å². The minimum absolute atomic E-state index is 0.0947. The molecule has 46 heavy (non-hydrogen) atoms. The molecule has 10 heteroatoms. The zero-order chi connectivity index (χ0) is 32.5. The van der Waals surface area contributed by atoms with E-state index < -0.39 is 40.9 Å². The number of likely N-dealkylation sites (tertiary alicyclic amines) is 1. The van der Waals surface area contributed by atoms with Crippen molar-refractivity contribution in [1.29, 1.82) is 0 Å². The number of aromatic hydroxyl groups is 1. The molecule has 4 aliphatic rings. The van der Waals surface area contributed by atoms with Crippen LogP contribution < -0.4 is 9.64 Å². The van der Waals surface area contributed by atoms with Crippen molar-refractivity contribution >= 4 is 56.8 Å². The van der Waals surface area contributed by atoms with Crippen LogP contribution in [0.5, 0.6) is 11.5 Å². The number of nitrogens with zero attached hydrogens (tertiary/aromatic N) is 2. The van der Waals surface area contributed by atoms with Gasteiger partial charge in [-0.05, 0) is 82.6 Å². The number of amides is 4. The number of benzene rings is 3. The molecular weight excluding hydrogens is 672 g/mol. The topological polar surface area (TPSA) is 104 Å². The Bertz CT molecular complexity index is 1830. The molecule has 0 radical (unpaired) electrons. The van der Waals surface area contributed by atoms with Crippen molar-refractivity contribution in [3.63, 3.8) is 0 Å². The molecule has 3 aromatic carbocycles. The predicted molar refractivity (Wildman–Crippen MR) is 175 cm³/mol. The second-order valence-corrected chi connectivity index (χ2v) is 13.8. The molecule has 0 bridgehead atoms. The van der Waals surface area contributed by atoms with Crippen LogP contribution >= 0.6 is 27.5 Å². The Kier molecular flexibility index (Phi) is 7.60. The number of carbonyl (C=O) groups is 4. The number of phenols is 1. The molecule has 236 valence electrons. The summed E-state index contributed by atoms with van der Waals surface area (Å²) in [5.41, 5.74) is 1.10. The number of anilines is 1. The average molecular weight is 704 g/mol. The summed E-state index contributed by atoms with van der Waals surface area (Å²) in [7, 11) is 1.45. The first-order valence-corrected chi connectivity index (χ1v) is 16.6. The first kappa shape index (κ1) is 30.7. The van der Waals surface area contributed by atoms with Crippen molar-refractivity contribution in [3.05, 3.63) is 99.0 Å². The molecule has 3 aromatic rings. The van der Waals surface area contributed by atoms with Gasteiger partial charge < -0.3 is 9.84 Å². The summed E-state index contributed by atoms with van der Waals surface area (Å²) < 4.78 is 5.92. The Balaban J connectivity index is 1.52. The van der Waals surface area contributed by atoms with Crippen molar-refractivity contribution in [2.45, 2.75) is 37.5 Å². The van der Waals surface area contributed by atoms with Gasteiger partial charge in [0.25, 0.3) is 0 Å². The third kappa shape index (κ3) is 4.24. The van der Waals surface area contributed by atoms with E-state index in [9.17, 15) is 19.5 Å². The Labute approximate surface area is 280 Å². The number of methoxy groups -OCH3 is 1. The second-order valence-electron chi connectivity index (χ2n) is 12.5. The van der Waals surface area contributed by atoms with E-state index in [1.54, 1.807) is 36.4 Å². The fraction of sp³-hybridized carbons (Fsp3) is 0.333. The van der Waals surface area contributed by atoms with Gasteiger partial charge in [0.15, 0.2) is 11.5 Å². The molecule has 2 saturated heterocycles. The summed E-state index contributed by atoms with van der Waals surface area (Å²) >= 11 is 9.85. The molecule has 7 rings (SSSR count). The number of halogens is 2. The van der Waals surface area contributed by atoms with E-state index in [-0.39, 0.29) is 35.6 Å². The van der Waals surface area contributed by atoms with E-state index in [2.05, 4.69) is 15.9 Å². The predicted octanol–water partition coefficient (Wildman–Crippen LogP) is 6.39. The first-order chi connectivity index (χ1) is 22.1. The largest absolute Gasteiger partial charge is 0.503 e. The lowest BCUT2D eigenvalue weighted by Gasteiger charge is -2.50. The highest BCUT2D eigenvalue weighted by molar-refractivity contribution is 9.10. The summed E-state index contributed by atoms with van der Waals surface area (Å²) in [6, 6.07) is 19.5. The van der Waals surface area contributed by atoms with Crippen LogP contribution in [0.25, 0.3) is 0 Å². The number of phenolic OH excluding ortho intramolecular Hbond substituents is 1. The molecule has 1 N–H and O–H groups in total. The third-order valence-electron chi connectivity index (χ3n) is 10.3. The zero-order valence-corrected chi connectivity index (χ0v) is 27.6. The molecule has 2 heterocycles. The van der Waals surface area contributed by atoms with E-state index >= 15 is 4.79 Å². The molecule has 6 atom stereocenters. The Hall–Kier alpha value is -3.95. The first-order valence-electron chi connectivity index (χ1n) is 15.5. The van der Waals surface area contributed by atoms with Gasteiger partial charge in [0.2, 0.25) is 23.6 Å². The lowest BCUT2D eigenvalue weighted by atomic mass is 9.49. The maximum absolute atomic E-state index is 15.2. The van der Waals surface area contributed by atoms with Gasteiger partial charge in [-0.15, -0.1) is 0 Å². The molecule has 4 amide bonds. The van der Waals surface area contributed by atoms with Gasteiger partial charge in [0.1, 0.15) is 0 Å². The second kappa shape index (κ2) is 11.4. The smallest absolute Gasteiger partial charge is 0.246 e. The highest BCUT2D eigenvalue weighted by Gasteiger charge is 2.70. The number of hydrogen-bond acceptors (Lipinski definition) is 6. The van der Waals surface area contributed by atoms with Gasteiger partial charge in [-0.1, -0.05) is 66.6 Å². The molecule has 0 spiro atoms. The van der Waals surface area contributed by atoms with Crippen molar-refractivity contribution in [3.8, 4) is 11.5 Å². The van der Waals surface area contributed by atoms with E-state index in [0.29, 0.717) is 45.7 Å². The third-order valence-corrected chi connectivity index (χ3v) is 11.1. The summed E-state index contributed by atoms with van der Waals surface area (Å²) in [6.07, 6.45) is 3.23. The minimum Gasteiger partial charge on any atom is -0.503 e. The number of carbonyl (C=O) groups excluding carboxylic acids is 4. The number of fused-ring (bicyclic) bond motifs is 4. The van der Waals surface area contributed by atoms with E-state index in [4.69, 9.17) is 16.3 Å². The molecule has 0 unspecified atom stereocenters. The number of allylic oxidation sites excluding steroid dienone is 2. The standard InChI is InChI=1S/C36H32BrClN2O6/c1-3-14-39-32(42)24-13-12-23-25(29(24)34(39)44)18-26-33(43)40(22-11-7-10-21(38)17-22)35(45)36(26,20-8-5-4-6-9-20)30(23)19-15-27(37)31(41)28(16-19)46-2/h4-12,15-17,24-26,29-30,41H,3,13-14,18H2,1-2H3/t24-,25+,26-,29-,30-,36+/m0/s1. The SMILES string of the molecule is CCCN1C(=O)[C@H]2[C@H](CC=C3[C@H]2C[C@H]2C(=O)N(c4cccc(Cl)c4)C(=O)[C@@]2(c2ccccc2)[C@H]3c2cc(Br)c(O)c(OC)c2)C1=O. The van der Waals surface area contributed by atoms with Crippen LogP contribution in [0.1, 0.15) is 43.2 Å². The molecule has 3 fully saturated rings. The number of hydrogen-bond donors (Lipinski definition) is 1. The summed E-state index contributed by atoms with van der Waals surface area (Å²) in [5.74, 6) is -4.27. The summed E-state index contributed by atoms with van der Waals surface area (Å²) in [6.45, 7) is 2.27. The summed E-state index contributed by atoms with van der Waals surface area (Å²) in [5, 5.41) is 11.2. The molecular formula is C36H32BrClN2O6. The number of rotatable bonds is 6. The van der Waals surface area contributed by atoms with Gasteiger partial charge in [-0.2, -0.15) is 0 Å². The summed E-state index contributed by atoms with van der Waals surface area (Å²) in [4.78, 5) is 60.1. The van der Waals surface area contributed by atoms with Gasteiger partial charge >= 0.3 is 0 Å². The zero-order valence-electron chi connectivity index (χ0n) is 25.3. The van der Waals surface area contributed by atoms with Crippen LogP contribution in [0.2, 0.25) is 5.02 Å². The Morgan fingerprint density at radius 2 is 1.74 bits per heavy atom. The molecule has 2 aliphatic carbocycles. The van der Waals surface area contributed by atoms with Crippen LogP contribution in [0.15, 0.2) is 82.9 Å². The van der Waals surface area contributed by atoms with Crippen LogP contribution in [0.3, 0.4) is 0 Å². The van der Waals surface area contributed by atoms with Gasteiger partial charge in [-0.25, -0.2) is 4.90 Å². The lowest BCUT2D eigenvalue weighted by molar-refractivity contribution is -0.140. The quantitative estimate of drug-likeness (QED) is 0.236. The lowest BCUT2D eigenvalue weighted by Crippen LogP contribution is -2.53. The van der Waals surface area contributed by atoms with Crippen molar-refractivity contribution in [2.75, 3.05) is 18.6 Å². The van der Waals surface area contributed by atoms with Crippen molar-refractivity contribution < 1.29 is 29.0 Å². The maximum Gasteiger partial charge on any atom is 0.246 e. The number of imide groups is 2. The van der Waals surface area contributed by atoms with Crippen LogP contribution in [-0.4, -0.2) is 47.3 Å². The van der Waals surface area contributed by atoms with Crippen molar-refractivity contribution in [1.82, 2.24) is 4.90 Å². The number of ether oxygens (including phenoxy) is 1. The normalized spacial score (nSPS) is 28.6. The van der Waals surface area contributed by atoms with Gasteiger partial charge in [-0.3, -0.25) is 24.1 Å². The van der Waals surface area contributed by atoms with E-state index in [0.717, 1.165) is 5.57 Å². The Morgan fingerprint density at radius 3 is 2.43 bits per heavy atom. The van der Waals surface area contributed by atoms with Crippen LogP contribution in [0, 0.1) is 23.7 Å². The minimum atomic E-state index is -1.41. The van der Waals surface area contributed by atoms with E-state index in [1.807, 2.05) is 43.3 Å². The highest BCUT2D eigenvalue weighted by atomic mass is 79.9. The fourth-order valence-corrected chi connectivity index (χ4v) is 9.19. The van der Waals surface area contributed by atoms with Gasteiger partial charge in [0, 0.05) is 17.5 Å². The van der Waals surface area contributed by atoms with Crippen molar-refractivity contribution in [2.24, 2.45) is 23.7 Å². The molecule has 0 aromatic heterocycles. The molecule has 2 aliphatic heterocycles. The average Bonchev–Trinajstić information content (AvgIpc) is 3.43. The fourth-order valence-electron chi connectivity index (χ4n) is 8.54.